The van der Waals surface area contributed by atoms with E-state index in [1.807, 2.05) is 24.3 Å². The molecule has 1 aliphatic carbocycles. The van der Waals surface area contributed by atoms with E-state index >= 15 is 0 Å². The van der Waals surface area contributed by atoms with Crippen molar-refractivity contribution in [1.82, 2.24) is 9.19 Å². The first kappa shape index (κ1) is 23.2. The Bertz CT molecular complexity index is 1830. The second-order valence-electron chi connectivity index (χ2n) is 8.67. The fourth-order valence-corrected chi connectivity index (χ4v) is 6.97. The number of rotatable bonds is 6. The molecular formula is C28H21N3O4S2. The van der Waals surface area contributed by atoms with E-state index < -0.39 is 20.0 Å². The lowest BCUT2D eigenvalue weighted by Crippen LogP contribution is -2.15. The van der Waals surface area contributed by atoms with E-state index in [2.05, 4.69) is 9.82 Å². The normalized spacial score (nSPS) is 12.6. The van der Waals surface area contributed by atoms with Gasteiger partial charge in [-0.15, -0.1) is 0 Å². The van der Waals surface area contributed by atoms with Crippen LogP contribution in [0.3, 0.4) is 0 Å². The highest BCUT2D eigenvalue weighted by molar-refractivity contribution is 7.92. The molecule has 1 heterocycles. The van der Waals surface area contributed by atoms with Crippen molar-refractivity contribution >= 4 is 25.7 Å². The summed E-state index contributed by atoms with van der Waals surface area (Å²) < 4.78 is 56.6. The van der Waals surface area contributed by atoms with E-state index in [1.54, 1.807) is 72.8 Å². The quantitative estimate of drug-likeness (QED) is 0.323. The Morgan fingerprint density at radius 2 is 1.30 bits per heavy atom. The minimum atomic E-state index is -3.96. The Morgan fingerprint density at radius 3 is 2.00 bits per heavy atom. The maximum atomic E-state index is 13.6. The van der Waals surface area contributed by atoms with Gasteiger partial charge in [0.05, 0.1) is 21.2 Å². The summed E-state index contributed by atoms with van der Waals surface area (Å²) in [4.78, 5) is 0.237. The Labute approximate surface area is 215 Å². The molecule has 4 aromatic carbocycles. The van der Waals surface area contributed by atoms with Gasteiger partial charge >= 0.3 is 0 Å². The molecule has 0 amide bonds. The van der Waals surface area contributed by atoms with Gasteiger partial charge in [-0.05, 0) is 42.0 Å². The van der Waals surface area contributed by atoms with Crippen LogP contribution < -0.4 is 4.72 Å². The van der Waals surface area contributed by atoms with E-state index in [1.165, 1.54) is 12.1 Å². The van der Waals surface area contributed by atoms with Crippen molar-refractivity contribution in [3.8, 4) is 22.5 Å². The number of para-hydroxylation sites is 1. The molecule has 0 radical (unpaired) electrons. The summed E-state index contributed by atoms with van der Waals surface area (Å²) in [5.74, 6) is 0. The van der Waals surface area contributed by atoms with Gasteiger partial charge in [-0.25, -0.2) is 8.42 Å². The Kier molecular flexibility index (Phi) is 5.47. The largest absolute Gasteiger partial charge is 0.283 e. The third-order valence-electron chi connectivity index (χ3n) is 6.33. The zero-order chi connectivity index (χ0) is 25.6. The van der Waals surface area contributed by atoms with Gasteiger partial charge in [-0.3, -0.25) is 4.72 Å². The number of hydrogen-bond acceptors (Lipinski definition) is 5. The molecule has 5 aromatic rings. The number of sulfonamides is 1. The van der Waals surface area contributed by atoms with Crippen LogP contribution in [0, 0.1) is 0 Å². The third-order valence-corrected chi connectivity index (χ3v) is 9.31. The molecule has 1 N–H and O–H groups in total. The SMILES string of the molecule is O=S(=O)(Nc1ccccc1)c1ccc(-c2nn(S(=O)(=O)c3ccccc3)c3c2Cc2ccccc2-3)cc1. The molecule has 7 nitrogen and oxygen atoms in total. The molecule has 1 aromatic heterocycles. The molecular weight excluding hydrogens is 506 g/mol. The average Bonchev–Trinajstić information content (AvgIpc) is 3.47. The van der Waals surface area contributed by atoms with Crippen molar-refractivity contribution in [2.24, 2.45) is 0 Å². The third kappa shape index (κ3) is 4.02. The van der Waals surface area contributed by atoms with Crippen LogP contribution in [-0.4, -0.2) is 26.0 Å². The molecule has 0 saturated heterocycles. The van der Waals surface area contributed by atoms with Crippen molar-refractivity contribution in [3.05, 3.63) is 120 Å². The topological polar surface area (TPSA) is 98.1 Å². The first-order valence-electron chi connectivity index (χ1n) is 11.5. The number of fused-ring (bicyclic) bond motifs is 3. The van der Waals surface area contributed by atoms with Gasteiger partial charge < -0.3 is 0 Å². The lowest BCUT2D eigenvalue weighted by Gasteiger charge is -2.09. The average molecular weight is 528 g/mol. The smallest absolute Gasteiger partial charge is 0.280 e. The number of anilines is 1. The molecule has 37 heavy (non-hydrogen) atoms. The molecule has 1 aliphatic rings. The fourth-order valence-electron chi connectivity index (χ4n) is 4.57. The molecule has 0 spiro atoms. The Hall–Kier alpha value is -4.21. The van der Waals surface area contributed by atoms with E-state index in [-0.39, 0.29) is 9.79 Å². The highest BCUT2D eigenvalue weighted by Gasteiger charge is 2.33. The van der Waals surface area contributed by atoms with Crippen LogP contribution in [0.2, 0.25) is 0 Å². The first-order valence-corrected chi connectivity index (χ1v) is 14.5. The maximum absolute atomic E-state index is 13.6. The van der Waals surface area contributed by atoms with Crippen LogP contribution in [0.5, 0.6) is 0 Å². The maximum Gasteiger partial charge on any atom is 0.283 e. The molecule has 0 aliphatic heterocycles. The predicted molar refractivity (Wildman–Crippen MR) is 142 cm³/mol. The molecule has 0 bridgehead atoms. The zero-order valence-corrected chi connectivity index (χ0v) is 21.1. The van der Waals surface area contributed by atoms with Crippen LogP contribution in [0.25, 0.3) is 22.5 Å². The van der Waals surface area contributed by atoms with Crippen molar-refractivity contribution < 1.29 is 16.8 Å². The van der Waals surface area contributed by atoms with Crippen molar-refractivity contribution in [2.45, 2.75) is 16.2 Å². The molecule has 184 valence electrons. The standard InChI is InChI=1S/C28H21N3O4S2/c32-36(33,30-22-10-3-1-4-11-22)23-17-15-20(16-18-23)27-26-19-21-9-7-8-14-25(21)28(26)31(29-27)37(34,35)24-12-5-2-6-13-24/h1-18,30H,19H2. The lowest BCUT2D eigenvalue weighted by molar-refractivity contribution is 0.581. The van der Waals surface area contributed by atoms with Gasteiger partial charge in [0, 0.05) is 28.8 Å². The van der Waals surface area contributed by atoms with Crippen molar-refractivity contribution in [3.63, 3.8) is 0 Å². The summed E-state index contributed by atoms with van der Waals surface area (Å²) in [5, 5.41) is 4.57. The fraction of sp³-hybridized carbons (Fsp3) is 0.0357. The van der Waals surface area contributed by atoms with Crippen molar-refractivity contribution in [1.29, 1.82) is 0 Å². The zero-order valence-electron chi connectivity index (χ0n) is 19.4. The second-order valence-corrected chi connectivity index (χ2v) is 12.1. The predicted octanol–water partition coefficient (Wildman–Crippen LogP) is 5.16. The molecule has 0 atom stereocenters. The lowest BCUT2D eigenvalue weighted by atomic mass is 10.1. The van der Waals surface area contributed by atoms with Crippen LogP contribution >= 0.6 is 0 Å². The Morgan fingerprint density at radius 1 is 0.676 bits per heavy atom. The summed E-state index contributed by atoms with van der Waals surface area (Å²) in [6.07, 6.45) is 0.529. The molecule has 0 unspecified atom stereocenters. The highest BCUT2D eigenvalue weighted by atomic mass is 32.2. The summed E-state index contributed by atoms with van der Waals surface area (Å²) in [6.45, 7) is 0. The van der Waals surface area contributed by atoms with E-state index in [4.69, 9.17) is 0 Å². The molecule has 0 fully saturated rings. The van der Waals surface area contributed by atoms with E-state index in [0.29, 0.717) is 29.1 Å². The van der Waals surface area contributed by atoms with Gasteiger partial charge in [0.2, 0.25) is 0 Å². The minimum absolute atomic E-state index is 0.0939. The number of nitrogens with one attached hydrogen (secondary N) is 1. The van der Waals surface area contributed by atoms with Gasteiger partial charge in [0.25, 0.3) is 20.0 Å². The first-order chi connectivity index (χ1) is 17.8. The summed E-state index contributed by atoms with van der Waals surface area (Å²) in [6, 6.07) is 30.8. The summed E-state index contributed by atoms with van der Waals surface area (Å²) in [7, 11) is -7.75. The van der Waals surface area contributed by atoms with Crippen molar-refractivity contribution in [2.75, 3.05) is 4.72 Å². The second kappa shape index (κ2) is 8.72. The Balaban J connectivity index is 1.44. The van der Waals surface area contributed by atoms with Crippen LogP contribution in [0.4, 0.5) is 5.69 Å². The molecule has 0 saturated carbocycles. The van der Waals surface area contributed by atoms with Crippen LogP contribution in [-0.2, 0) is 26.5 Å². The van der Waals surface area contributed by atoms with Gasteiger partial charge in [-0.2, -0.15) is 17.6 Å². The van der Waals surface area contributed by atoms with Gasteiger partial charge in [0.15, 0.2) is 0 Å². The summed E-state index contributed by atoms with van der Waals surface area (Å²) >= 11 is 0. The van der Waals surface area contributed by atoms with Gasteiger partial charge in [-0.1, -0.05) is 72.8 Å². The number of benzene rings is 4. The van der Waals surface area contributed by atoms with Gasteiger partial charge in [0.1, 0.15) is 0 Å². The number of hydrogen-bond donors (Lipinski definition) is 1. The molecule has 9 heteroatoms. The van der Waals surface area contributed by atoms with Crippen LogP contribution in [0.15, 0.2) is 119 Å². The molecule has 6 rings (SSSR count). The van der Waals surface area contributed by atoms with Crippen LogP contribution in [0.1, 0.15) is 11.1 Å². The van der Waals surface area contributed by atoms with E-state index in [9.17, 15) is 16.8 Å². The van der Waals surface area contributed by atoms with E-state index in [0.717, 1.165) is 20.8 Å². The number of nitrogens with zero attached hydrogens (tertiary/aromatic N) is 2. The summed E-state index contributed by atoms with van der Waals surface area (Å²) in [5.41, 5.74) is 4.76. The highest BCUT2D eigenvalue weighted by Crippen LogP contribution is 2.43. The number of aromatic nitrogens is 2. The minimum Gasteiger partial charge on any atom is -0.280 e. The monoisotopic (exact) mass is 527 g/mol.